The van der Waals surface area contributed by atoms with Crippen LogP contribution in [0, 0.1) is 0 Å². The Morgan fingerprint density at radius 3 is 2.43 bits per heavy atom. The van der Waals surface area contributed by atoms with Gasteiger partial charge in [-0.15, -0.1) is 0 Å². The molecule has 0 saturated heterocycles. The molecule has 0 unspecified atom stereocenters. The van der Waals surface area contributed by atoms with E-state index in [4.69, 9.17) is 0 Å². The van der Waals surface area contributed by atoms with Crippen molar-refractivity contribution < 1.29 is 19.3 Å². The van der Waals surface area contributed by atoms with Gasteiger partial charge in [0.15, 0.2) is 0 Å². The van der Waals surface area contributed by atoms with Crippen LogP contribution in [0.5, 0.6) is 0 Å². The van der Waals surface area contributed by atoms with Gasteiger partial charge in [0, 0.05) is 17.3 Å². The maximum absolute atomic E-state index is 11.8. The molecule has 0 atom stereocenters. The van der Waals surface area contributed by atoms with Gasteiger partial charge in [-0.05, 0) is 39.3 Å². The number of carbonyl (C=O) groups is 1. The number of benzene rings is 2. The molecule has 0 heterocycles. The Morgan fingerprint density at radius 2 is 1.83 bits per heavy atom. The Kier molecular flexibility index (Phi) is 5.34. The summed E-state index contributed by atoms with van der Waals surface area (Å²) in [5, 5.41) is 6.31. The highest BCUT2D eigenvalue weighted by Gasteiger charge is 2.23. The maximum Gasteiger partial charge on any atom is 0.376 e. The smallest absolute Gasteiger partial charge is 0.376 e. The lowest BCUT2D eigenvalue weighted by molar-refractivity contribution is -0.388. The molecule has 2 aromatic carbocycles. The lowest BCUT2D eigenvalue weighted by Crippen LogP contribution is -2.19. The molecule has 0 aliphatic heterocycles. The van der Waals surface area contributed by atoms with Gasteiger partial charge < -0.3 is 5.32 Å². The van der Waals surface area contributed by atoms with Gasteiger partial charge in [0.05, 0.1) is 5.56 Å². The molecule has 0 aliphatic rings. The number of para-hydroxylation sites is 1. The molecule has 0 amide bonds. The molecule has 0 bridgehead atoms. The van der Waals surface area contributed by atoms with E-state index in [9.17, 15) is 9.32 Å². The van der Waals surface area contributed by atoms with Crippen molar-refractivity contribution in [3.05, 3.63) is 65.2 Å². The molecule has 23 heavy (non-hydrogen) atoms. The highest BCUT2D eigenvalue weighted by Crippen LogP contribution is 2.28. The first kappa shape index (κ1) is 17.0. The minimum Gasteiger partial charge on any atom is -0.381 e. The lowest BCUT2D eigenvalue weighted by atomic mass is 9.83. The van der Waals surface area contributed by atoms with E-state index in [1.807, 2.05) is 57.2 Å². The fourth-order valence-electron chi connectivity index (χ4n) is 2.33. The van der Waals surface area contributed by atoms with Crippen molar-refractivity contribution in [2.45, 2.75) is 32.7 Å². The molecule has 0 fully saturated rings. The third kappa shape index (κ3) is 4.53. The second kappa shape index (κ2) is 7.24. The van der Waals surface area contributed by atoms with Gasteiger partial charge in [-0.1, -0.05) is 51.1 Å². The molecule has 0 spiro atoms. The molecular weight excluding hydrogens is 297 g/mol. The number of carbonyl (C=O) groups excluding carboxylic acids is 1. The number of nitrogens with one attached hydrogen (secondary N) is 1. The van der Waals surface area contributed by atoms with Gasteiger partial charge in [0.25, 0.3) is 0 Å². The van der Waals surface area contributed by atoms with Crippen molar-refractivity contribution in [2.75, 3.05) is 5.32 Å². The highest BCUT2D eigenvalue weighted by molar-refractivity contribution is 5.91. The summed E-state index contributed by atoms with van der Waals surface area (Å²) < 4.78 is 11.8. The predicted octanol–water partition coefficient (Wildman–Crippen LogP) is 4.57. The fraction of sp³-hybridized carbons (Fsp3) is 0.278. The topological polar surface area (TPSA) is 47.6 Å². The van der Waals surface area contributed by atoms with E-state index in [1.54, 1.807) is 12.1 Å². The largest absolute Gasteiger partial charge is 0.381 e. The zero-order valence-corrected chi connectivity index (χ0v) is 13.4. The summed E-state index contributed by atoms with van der Waals surface area (Å²) in [6.07, 6.45) is 0. The zero-order chi connectivity index (χ0) is 16.9. The van der Waals surface area contributed by atoms with Crippen LogP contribution in [0.25, 0.3) is 0 Å². The molecule has 0 aromatic heterocycles. The summed E-state index contributed by atoms with van der Waals surface area (Å²) in [7, 11) is 0. The van der Waals surface area contributed by atoms with E-state index < -0.39 is 5.97 Å². The fourth-order valence-corrected chi connectivity index (χ4v) is 2.33. The van der Waals surface area contributed by atoms with Gasteiger partial charge in [-0.2, -0.15) is 0 Å². The molecule has 5 heteroatoms. The third-order valence-corrected chi connectivity index (χ3v) is 3.49. The van der Waals surface area contributed by atoms with Crippen molar-refractivity contribution >= 4 is 11.7 Å². The Hall–Kier alpha value is -2.40. The number of rotatable bonds is 5. The number of anilines is 1. The van der Waals surface area contributed by atoms with Crippen molar-refractivity contribution in [1.82, 2.24) is 0 Å². The predicted molar refractivity (Wildman–Crippen MR) is 86.5 cm³/mol. The summed E-state index contributed by atoms with van der Waals surface area (Å²) in [6.45, 7) is 6.54. The minimum absolute atomic E-state index is 0.290. The molecular formula is C18H20FNO3. The monoisotopic (exact) mass is 317 g/mol. The van der Waals surface area contributed by atoms with Crippen LogP contribution in [0.15, 0.2) is 48.5 Å². The Morgan fingerprint density at radius 1 is 1.13 bits per heavy atom. The van der Waals surface area contributed by atoms with E-state index in [1.165, 1.54) is 0 Å². The van der Waals surface area contributed by atoms with Gasteiger partial charge in [0.1, 0.15) is 0 Å². The van der Waals surface area contributed by atoms with Crippen LogP contribution in [-0.4, -0.2) is 5.97 Å². The Labute approximate surface area is 135 Å². The Balaban J connectivity index is 2.24. The van der Waals surface area contributed by atoms with E-state index in [0.717, 1.165) is 16.8 Å². The second-order valence-corrected chi connectivity index (χ2v) is 6.28. The lowest BCUT2D eigenvalue weighted by Gasteiger charge is -2.22. The number of hydrogen-bond donors (Lipinski definition) is 1. The van der Waals surface area contributed by atoms with Crippen LogP contribution in [0.1, 0.15) is 42.3 Å². The molecule has 122 valence electrons. The molecule has 2 aromatic rings. The van der Waals surface area contributed by atoms with E-state index in [-0.39, 0.29) is 5.41 Å². The summed E-state index contributed by atoms with van der Waals surface area (Å²) in [5.41, 5.74) is 2.79. The Bertz CT molecular complexity index is 666. The van der Waals surface area contributed by atoms with Crippen LogP contribution in [-0.2, 0) is 21.9 Å². The van der Waals surface area contributed by atoms with Crippen molar-refractivity contribution in [2.24, 2.45) is 0 Å². The summed E-state index contributed by atoms with van der Waals surface area (Å²) >= 11 is 0. The summed E-state index contributed by atoms with van der Waals surface area (Å²) in [5.74, 6) is -0.847. The van der Waals surface area contributed by atoms with E-state index in [0.29, 0.717) is 12.1 Å². The normalized spacial score (nSPS) is 11.1. The first-order chi connectivity index (χ1) is 10.9. The van der Waals surface area contributed by atoms with Crippen molar-refractivity contribution in [1.29, 1.82) is 0 Å². The average Bonchev–Trinajstić information content (AvgIpc) is 2.53. The first-order valence-corrected chi connectivity index (χ1v) is 7.34. The van der Waals surface area contributed by atoms with Gasteiger partial charge >= 0.3 is 5.97 Å². The SMILES string of the molecule is CC(C)(C)c1cc(CNc2ccccc2)ccc1C(=O)OOF. The van der Waals surface area contributed by atoms with Crippen LogP contribution in [0.2, 0.25) is 0 Å². The molecule has 0 aliphatic carbocycles. The van der Waals surface area contributed by atoms with Crippen LogP contribution in [0.3, 0.4) is 0 Å². The van der Waals surface area contributed by atoms with Crippen LogP contribution in [0.4, 0.5) is 10.2 Å². The standard InChI is InChI=1S/C18H20FNO3/c1-18(2,3)16-11-13(9-10-15(16)17(21)22-23-19)12-20-14-7-5-4-6-8-14/h4-11,20H,12H2,1-3H3. The first-order valence-electron chi connectivity index (χ1n) is 7.34. The molecule has 4 nitrogen and oxygen atoms in total. The van der Waals surface area contributed by atoms with Crippen molar-refractivity contribution in [3.63, 3.8) is 0 Å². The summed E-state index contributed by atoms with van der Waals surface area (Å²) in [4.78, 5) is 15.8. The van der Waals surface area contributed by atoms with E-state index in [2.05, 4.69) is 15.3 Å². The van der Waals surface area contributed by atoms with Crippen LogP contribution >= 0.6 is 0 Å². The number of halogens is 1. The van der Waals surface area contributed by atoms with Gasteiger partial charge in [-0.3, -0.25) is 4.89 Å². The quantitative estimate of drug-likeness (QED) is 0.648. The highest BCUT2D eigenvalue weighted by atomic mass is 19.3. The zero-order valence-electron chi connectivity index (χ0n) is 13.4. The average molecular weight is 317 g/mol. The second-order valence-electron chi connectivity index (χ2n) is 6.28. The maximum atomic E-state index is 11.8. The third-order valence-electron chi connectivity index (χ3n) is 3.49. The summed E-state index contributed by atoms with van der Waals surface area (Å²) in [6, 6.07) is 15.2. The van der Waals surface area contributed by atoms with Crippen molar-refractivity contribution in [3.8, 4) is 0 Å². The molecule has 0 saturated carbocycles. The number of hydrogen-bond acceptors (Lipinski definition) is 4. The van der Waals surface area contributed by atoms with Gasteiger partial charge in [-0.25, -0.2) is 4.79 Å². The van der Waals surface area contributed by atoms with Crippen LogP contribution < -0.4 is 5.32 Å². The molecule has 1 N–H and O–H groups in total. The minimum atomic E-state index is -0.847. The molecule has 2 rings (SSSR count). The van der Waals surface area contributed by atoms with E-state index >= 15 is 0 Å². The van der Waals surface area contributed by atoms with Gasteiger partial charge in [0.2, 0.25) is 0 Å². The molecule has 0 radical (unpaired) electrons.